The third-order valence-corrected chi connectivity index (χ3v) is 5.46. The van der Waals surface area contributed by atoms with Crippen LogP contribution in [-0.2, 0) is 11.2 Å². The van der Waals surface area contributed by atoms with Gasteiger partial charge in [-0.15, -0.1) is 0 Å². The standard InChI is InChI=1S/C17H26N2O/c1-20-17(10-5-11-17)16(19-18)12-14-8-4-7-13-6-2-3-9-15(13)14/h2-3,6,9,14,16,19H,4-5,7-8,10-12,18H2,1H3. The lowest BCUT2D eigenvalue weighted by Gasteiger charge is -2.47. The maximum absolute atomic E-state index is 5.85. The van der Waals surface area contributed by atoms with E-state index in [1.165, 1.54) is 36.8 Å². The van der Waals surface area contributed by atoms with Crippen molar-refractivity contribution < 1.29 is 4.74 Å². The number of nitrogens with one attached hydrogen (secondary N) is 1. The topological polar surface area (TPSA) is 47.3 Å². The van der Waals surface area contributed by atoms with Crippen molar-refractivity contribution >= 4 is 0 Å². The molecule has 0 aromatic heterocycles. The Morgan fingerprint density at radius 2 is 2.15 bits per heavy atom. The van der Waals surface area contributed by atoms with Crippen LogP contribution in [0.15, 0.2) is 24.3 Å². The first kappa shape index (κ1) is 14.1. The Kier molecular flexibility index (Phi) is 4.11. The van der Waals surface area contributed by atoms with E-state index in [1.54, 1.807) is 0 Å². The average Bonchev–Trinajstić information content (AvgIpc) is 2.45. The van der Waals surface area contributed by atoms with Gasteiger partial charge in [-0.05, 0) is 62.0 Å². The van der Waals surface area contributed by atoms with E-state index in [4.69, 9.17) is 10.6 Å². The summed E-state index contributed by atoms with van der Waals surface area (Å²) >= 11 is 0. The quantitative estimate of drug-likeness (QED) is 0.641. The summed E-state index contributed by atoms with van der Waals surface area (Å²) in [6.07, 6.45) is 8.39. The molecule has 2 unspecified atom stereocenters. The molecule has 0 bridgehead atoms. The van der Waals surface area contributed by atoms with Crippen LogP contribution in [0.25, 0.3) is 0 Å². The zero-order chi connectivity index (χ0) is 14.0. The normalized spacial score (nSPS) is 25.6. The number of hydrazine groups is 1. The third-order valence-electron chi connectivity index (χ3n) is 5.46. The Morgan fingerprint density at radius 1 is 1.35 bits per heavy atom. The van der Waals surface area contributed by atoms with Crippen molar-refractivity contribution in [3.05, 3.63) is 35.4 Å². The van der Waals surface area contributed by atoms with Gasteiger partial charge in [0.15, 0.2) is 0 Å². The first-order valence-electron chi connectivity index (χ1n) is 7.88. The zero-order valence-corrected chi connectivity index (χ0v) is 12.4. The number of rotatable bonds is 5. The highest BCUT2D eigenvalue weighted by Crippen LogP contribution is 2.43. The maximum Gasteiger partial charge on any atom is 0.0844 e. The molecule has 1 aromatic rings. The van der Waals surface area contributed by atoms with Crippen LogP contribution in [0.1, 0.15) is 55.6 Å². The first-order valence-corrected chi connectivity index (χ1v) is 7.88. The highest BCUT2D eigenvalue weighted by Gasteiger charge is 2.45. The smallest absolute Gasteiger partial charge is 0.0844 e. The second kappa shape index (κ2) is 5.84. The highest BCUT2D eigenvalue weighted by molar-refractivity contribution is 5.32. The number of ether oxygens (including phenoxy) is 1. The Hall–Kier alpha value is -0.900. The Morgan fingerprint density at radius 3 is 2.80 bits per heavy atom. The average molecular weight is 274 g/mol. The van der Waals surface area contributed by atoms with Crippen LogP contribution in [0.2, 0.25) is 0 Å². The van der Waals surface area contributed by atoms with Crippen molar-refractivity contribution in [1.29, 1.82) is 0 Å². The van der Waals surface area contributed by atoms with E-state index in [0.717, 1.165) is 19.3 Å². The number of hydrogen-bond acceptors (Lipinski definition) is 3. The molecule has 2 aliphatic carbocycles. The minimum atomic E-state index is -0.0266. The second-order valence-electron chi connectivity index (χ2n) is 6.37. The lowest BCUT2D eigenvalue weighted by atomic mass is 9.69. The van der Waals surface area contributed by atoms with Crippen molar-refractivity contribution in [2.24, 2.45) is 5.84 Å². The van der Waals surface area contributed by atoms with Crippen molar-refractivity contribution in [3.8, 4) is 0 Å². The van der Waals surface area contributed by atoms with Gasteiger partial charge in [0, 0.05) is 7.11 Å². The van der Waals surface area contributed by atoms with Gasteiger partial charge in [0.25, 0.3) is 0 Å². The summed E-state index contributed by atoms with van der Waals surface area (Å²) in [7, 11) is 1.83. The lowest BCUT2D eigenvalue weighted by molar-refractivity contribution is -0.101. The minimum Gasteiger partial charge on any atom is -0.377 e. The van der Waals surface area contributed by atoms with E-state index < -0.39 is 0 Å². The lowest BCUT2D eigenvalue weighted by Crippen LogP contribution is -2.58. The largest absolute Gasteiger partial charge is 0.377 e. The van der Waals surface area contributed by atoms with Crippen molar-refractivity contribution in [1.82, 2.24) is 5.43 Å². The van der Waals surface area contributed by atoms with Gasteiger partial charge < -0.3 is 4.74 Å². The number of hydrogen-bond donors (Lipinski definition) is 2. The van der Waals surface area contributed by atoms with E-state index in [-0.39, 0.29) is 11.6 Å². The zero-order valence-electron chi connectivity index (χ0n) is 12.4. The first-order chi connectivity index (χ1) is 9.79. The molecule has 0 saturated heterocycles. The third kappa shape index (κ3) is 2.39. The van der Waals surface area contributed by atoms with Gasteiger partial charge in [-0.1, -0.05) is 24.3 Å². The Bertz CT molecular complexity index is 451. The molecular formula is C17H26N2O. The number of fused-ring (bicyclic) bond motifs is 1. The monoisotopic (exact) mass is 274 g/mol. The van der Waals surface area contributed by atoms with E-state index in [2.05, 4.69) is 29.7 Å². The molecule has 1 saturated carbocycles. The fraction of sp³-hybridized carbons (Fsp3) is 0.647. The fourth-order valence-electron chi connectivity index (χ4n) is 4.04. The number of nitrogens with two attached hydrogens (primary N) is 1. The van der Waals surface area contributed by atoms with Gasteiger partial charge in [-0.25, -0.2) is 0 Å². The van der Waals surface area contributed by atoms with Crippen LogP contribution >= 0.6 is 0 Å². The molecule has 0 radical (unpaired) electrons. The van der Waals surface area contributed by atoms with E-state index in [9.17, 15) is 0 Å². The number of methoxy groups -OCH3 is 1. The SMILES string of the molecule is COC1(C(CC2CCCc3ccccc32)NN)CCC1. The summed E-state index contributed by atoms with van der Waals surface area (Å²) in [6.45, 7) is 0. The van der Waals surface area contributed by atoms with Gasteiger partial charge in [-0.2, -0.15) is 0 Å². The second-order valence-corrected chi connectivity index (χ2v) is 6.37. The molecular weight excluding hydrogens is 248 g/mol. The van der Waals surface area contributed by atoms with Crippen LogP contribution in [0.4, 0.5) is 0 Å². The van der Waals surface area contributed by atoms with Crippen LogP contribution in [0, 0.1) is 0 Å². The predicted octanol–water partition coefficient (Wildman–Crippen LogP) is 2.90. The Balaban J connectivity index is 1.77. The van der Waals surface area contributed by atoms with Crippen LogP contribution < -0.4 is 11.3 Å². The summed E-state index contributed by atoms with van der Waals surface area (Å²) in [5, 5.41) is 0. The van der Waals surface area contributed by atoms with Gasteiger partial charge in [0.05, 0.1) is 11.6 Å². The fourth-order valence-corrected chi connectivity index (χ4v) is 4.04. The van der Waals surface area contributed by atoms with Gasteiger partial charge in [-0.3, -0.25) is 11.3 Å². The molecule has 0 amide bonds. The van der Waals surface area contributed by atoms with Crippen molar-refractivity contribution in [2.75, 3.05) is 7.11 Å². The molecule has 20 heavy (non-hydrogen) atoms. The Labute approximate surface area is 121 Å². The molecule has 0 spiro atoms. The van der Waals surface area contributed by atoms with E-state index in [1.807, 2.05) is 7.11 Å². The molecule has 1 aromatic carbocycles. The molecule has 3 nitrogen and oxygen atoms in total. The summed E-state index contributed by atoms with van der Waals surface area (Å²) in [5.41, 5.74) is 6.08. The molecule has 2 atom stereocenters. The molecule has 2 aliphatic rings. The predicted molar refractivity (Wildman–Crippen MR) is 81.4 cm³/mol. The number of aryl methyl sites for hydroxylation is 1. The molecule has 3 heteroatoms. The van der Waals surface area contributed by atoms with Gasteiger partial charge in [0.2, 0.25) is 0 Å². The maximum atomic E-state index is 5.85. The van der Waals surface area contributed by atoms with Crippen LogP contribution in [0.3, 0.4) is 0 Å². The molecule has 3 rings (SSSR count). The summed E-state index contributed by atoms with van der Waals surface area (Å²) < 4.78 is 5.81. The van der Waals surface area contributed by atoms with Crippen LogP contribution in [-0.4, -0.2) is 18.8 Å². The molecule has 1 fully saturated rings. The summed E-state index contributed by atoms with van der Waals surface area (Å²) in [5.74, 6) is 6.47. The van der Waals surface area contributed by atoms with Gasteiger partial charge >= 0.3 is 0 Å². The van der Waals surface area contributed by atoms with Crippen molar-refractivity contribution in [2.45, 2.75) is 62.5 Å². The van der Waals surface area contributed by atoms with Crippen molar-refractivity contribution in [3.63, 3.8) is 0 Å². The van der Waals surface area contributed by atoms with Gasteiger partial charge in [0.1, 0.15) is 0 Å². The molecule has 3 N–H and O–H groups in total. The highest BCUT2D eigenvalue weighted by atomic mass is 16.5. The molecule has 110 valence electrons. The summed E-state index contributed by atoms with van der Waals surface area (Å²) in [4.78, 5) is 0. The van der Waals surface area contributed by atoms with E-state index >= 15 is 0 Å². The van der Waals surface area contributed by atoms with Crippen LogP contribution in [0.5, 0.6) is 0 Å². The number of benzene rings is 1. The summed E-state index contributed by atoms with van der Waals surface area (Å²) in [6, 6.07) is 9.16. The minimum absolute atomic E-state index is 0.0266. The van der Waals surface area contributed by atoms with E-state index in [0.29, 0.717) is 5.92 Å². The molecule has 0 heterocycles. The molecule has 0 aliphatic heterocycles.